The van der Waals surface area contributed by atoms with Crippen molar-refractivity contribution in [1.29, 1.82) is 0 Å². The van der Waals surface area contributed by atoms with Crippen molar-refractivity contribution >= 4 is 27.3 Å². The lowest BCUT2D eigenvalue weighted by atomic mass is 10.1. The number of ether oxygens (including phenoxy) is 1. The molecule has 8 heteroatoms. The summed E-state index contributed by atoms with van der Waals surface area (Å²) < 4.78 is 33.8. The van der Waals surface area contributed by atoms with E-state index in [1.807, 2.05) is 31.2 Å². The lowest BCUT2D eigenvalue weighted by Crippen LogP contribution is -2.49. The number of anilines is 2. The smallest absolute Gasteiger partial charge is 0.261 e. The summed E-state index contributed by atoms with van der Waals surface area (Å²) in [5.74, 6) is 0.602. The minimum atomic E-state index is -3.81. The first kappa shape index (κ1) is 22.7. The quantitative estimate of drug-likeness (QED) is 0.600. The molecule has 0 atom stereocenters. The van der Waals surface area contributed by atoms with Gasteiger partial charge in [0.15, 0.2) is 0 Å². The molecule has 4 rings (SSSR count). The SMILES string of the molecule is COc1ccccc1N1CCN(C(=O)c2ccccc2NS(=O)(=O)c2ccc(C)cc2)CC1. The monoisotopic (exact) mass is 465 g/mol. The van der Waals surface area contributed by atoms with E-state index in [2.05, 4.69) is 9.62 Å². The third-order valence-electron chi connectivity index (χ3n) is 5.73. The Morgan fingerprint density at radius 3 is 2.21 bits per heavy atom. The lowest BCUT2D eigenvalue weighted by Gasteiger charge is -2.36. The molecule has 1 aliphatic rings. The third kappa shape index (κ3) is 4.96. The van der Waals surface area contributed by atoms with Crippen LogP contribution in [0.5, 0.6) is 5.75 Å². The van der Waals surface area contributed by atoms with Crippen LogP contribution >= 0.6 is 0 Å². The fourth-order valence-corrected chi connectivity index (χ4v) is 4.97. The predicted molar refractivity (Wildman–Crippen MR) is 130 cm³/mol. The number of nitrogens with zero attached hydrogens (tertiary/aromatic N) is 2. The Kier molecular flexibility index (Phi) is 6.55. The van der Waals surface area contributed by atoms with E-state index in [0.717, 1.165) is 17.0 Å². The number of amides is 1. The van der Waals surface area contributed by atoms with Crippen LogP contribution in [0.1, 0.15) is 15.9 Å². The number of rotatable bonds is 6. The summed E-state index contributed by atoms with van der Waals surface area (Å²) in [7, 11) is -2.17. The molecule has 1 heterocycles. The molecule has 1 aliphatic heterocycles. The van der Waals surface area contributed by atoms with Gasteiger partial charge in [-0.05, 0) is 43.3 Å². The summed E-state index contributed by atoms with van der Waals surface area (Å²) in [4.78, 5) is 17.4. The standard InChI is InChI=1S/C25H27N3O4S/c1-19-11-13-20(14-12-19)33(30,31)26-22-8-4-3-7-21(22)25(29)28-17-15-27(16-18-28)23-9-5-6-10-24(23)32-2/h3-14,26H,15-18H2,1-2H3. The average Bonchev–Trinajstić information content (AvgIpc) is 2.84. The van der Waals surface area contributed by atoms with Gasteiger partial charge in [-0.2, -0.15) is 0 Å². The molecule has 1 fully saturated rings. The van der Waals surface area contributed by atoms with Crippen LogP contribution < -0.4 is 14.4 Å². The van der Waals surface area contributed by atoms with Crippen LogP contribution in [0, 0.1) is 6.92 Å². The number of hydrogen-bond acceptors (Lipinski definition) is 5. The number of carbonyl (C=O) groups excluding carboxylic acids is 1. The molecule has 0 spiro atoms. The molecule has 1 N–H and O–H groups in total. The van der Waals surface area contributed by atoms with Gasteiger partial charge in [-0.1, -0.05) is 42.0 Å². The molecule has 0 saturated carbocycles. The second kappa shape index (κ2) is 9.54. The molecule has 0 radical (unpaired) electrons. The Hall–Kier alpha value is -3.52. The van der Waals surface area contributed by atoms with Gasteiger partial charge in [0.2, 0.25) is 0 Å². The van der Waals surface area contributed by atoms with E-state index in [9.17, 15) is 13.2 Å². The zero-order chi connectivity index (χ0) is 23.4. The van der Waals surface area contributed by atoms with Gasteiger partial charge in [0.05, 0.1) is 28.9 Å². The number of aryl methyl sites for hydroxylation is 1. The molecule has 1 amide bonds. The molecule has 3 aromatic rings. The number of hydrogen-bond donors (Lipinski definition) is 1. The highest BCUT2D eigenvalue weighted by molar-refractivity contribution is 7.92. The van der Waals surface area contributed by atoms with Crippen LogP contribution in [0.3, 0.4) is 0 Å². The summed E-state index contributed by atoms with van der Waals surface area (Å²) in [5.41, 5.74) is 2.57. The minimum absolute atomic E-state index is 0.153. The zero-order valence-corrected chi connectivity index (χ0v) is 19.5. The van der Waals surface area contributed by atoms with Crippen LogP contribution in [0.25, 0.3) is 0 Å². The van der Waals surface area contributed by atoms with Gasteiger partial charge in [0.1, 0.15) is 5.75 Å². The Morgan fingerprint density at radius 2 is 1.52 bits per heavy atom. The summed E-state index contributed by atoms with van der Waals surface area (Å²) in [5, 5.41) is 0. The van der Waals surface area contributed by atoms with E-state index < -0.39 is 10.0 Å². The Bertz CT molecular complexity index is 1230. The van der Waals surface area contributed by atoms with Gasteiger partial charge in [-0.3, -0.25) is 9.52 Å². The summed E-state index contributed by atoms with van der Waals surface area (Å²) in [6.07, 6.45) is 0. The van der Waals surface area contributed by atoms with E-state index in [-0.39, 0.29) is 16.5 Å². The maximum absolute atomic E-state index is 13.3. The van der Waals surface area contributed by atoms with Crippen molar-refractivity contribution in [2.24, 2.45) is 0 Å². The van der Waals surface area contributed by atoms with Crippen molar-refractivity contribution < 1.29 is 17.9 Å². The molecule has 0 aromatic heterocycles. The molecular weight excluding hydrogens is 438 g/mol. The number of methoxy groups -OCH3 is 1. The first-order chi connectivity index (χ1) is 15.9. The maximum Gasteiger partial charge on any atom is 0.261 e. The number of benzene rings is 3. The van der Waals surface area contributed by atoms with Gasteiger partial charge in [-0.25, -0.2) is 8.42 Å². The number of carbonyl (C=O) groups is 1. The lowest BCUT2D eigenvalue weighted by molar-refractivity contribution is 0.0747. The highest BCUT2D eigenvalue weighted by Crippen LogP contribution is 2.29. The second-order valence-corrected chi connectivity index (χ2v) is 9.60. The topological polar surface area (TPSA) is 79.0 Å². The summed E-state index contributed by atoms with van der Waals surface area (Å²) >= 11 is 0. The Morgan fingerprint density at radius 1 is 0.879 bits per heavy atom. The number of para-hydroxylation sites is 3. The number of nitrogens with one attached hydrogen (secondary N) is 1. The molecule has 7 nitrogen and oxygen atoms in total. The largest absolute Gasteiger partial charge is 0.495 e. The van der Waals surface area contributed by atoms with E-state index >= 15 is 0 Å². The highest BCUT2D eigenvalue weighted by atomic mass is 32.2. The van der Waals surface area contributed by atoms with Crippen LogP contribution in [-0.2, 0) is 10.0 Å². The third-order valence-corrected chi connectivity index (χ3v) is 7.11. The van der Waals surface area contributed by atoms with Crippen LogP contribution in [0.15, 0.2) is 77.7 Å². The fourth-order valence-electron chi connectivity index (χ4n) is 3.89. The average molecular weight is 466 g/mol. The van der Waals surface area contributed by atoms with E-state index in [1.165, 1.54) is 0 Å². The van der Waals surface area contributed by atoms with Crippen LogP contribution in [0.4, 0.5) is 11.4 Å². The van der Waals surface area contributed by atoms with Gasteiger partial charge < -0.3 is 14.5 Å². The van der Waals surface area contributed by atoms with E-state index in [4.69, 9.17) is 4.74 Å². The van der Waals surface area contributed by atoms with Gasteiger partial charge in [-0.15, -0.1) is 0 Å². The molecule has 0 aliphatic carbocycles. The Balaban J connectivity index is 1.49. The Labute approximate surface area is 194 Å². The predicted octanol–water partition coefficient (Wildman–Crippen LogP) is 3.77. The van der Waals surface area contributed by atoms with E-state index in [0.29, 0.717) is 31.7 Å². The van der Waals surface area contributed by atoms with Crippen LogP contribution in [0.2, 0.25) is 0 Å². The highest BCUT2D eigenvalue weighted by Gasteiger charge is 2.26. The van der Waals surface area contributed by atoms with Crippen molar-refractivity contribution in [3.63, 3.8) is 0 Å². The van der Waals surface area contributed by atoms with Crippen molar-refractivity contribution in [3.8, 4) is 5.75 Å². The normalized spacial score (nSPS) is 14.1. The minimum Gasteiger partial charge on any atom is -0.495 e. The summed E-state index contributed by atoms with van der Waals surface area (Å²) in [6, 6.07) is 21.1. The van der Waals surface area contributed by atoms with Gasteiger partial charge >= 0.3 is 0 Å². The van der Waals surface area contributed by atoms with Crippen molar-refractivity contribution in [2.45, 2.75) is 11.8 Å². The molecule has 1 saturated heterocycles. The molecule has 0 unspecified atom stereocenters. The zero-order valence-electron chi connectivity index (χ0n) is 18.7. The van der Waals surface area contributed by atoms with Crippen LogP contribution in [-0.4, -0.2) is 52.5 Å². The molecule has 0 bridgehead atoms. The fraction of sp³-hybridized carbons (Fsp3) is 0.240. The van der Waals surface area contributed by atoms with E-state index in [1.54, 1.807) is 60.5 Å². The summed E-state index contributed by atoms with van der Waals surface area (Å²) in [6.45, 7) is 4.25. The van der Waals surface area contributed by atoms with Crippen molar-refractivity contribution in [1.82, 2.24) is 4.90 Å². The number of piperazine rings is 1. The number of sulfonamides is 1. The first-order valence-electron chi connectivity index (χ1n) is 10.7. The van der Waals surface area contributed by atoms with Gasteiger partial charge in [0, 0.05) is 26.2 Å². The van der Waals surface area contributed by atoms with Crippen molar-refractivity contribution in [3.05, 3.63) is 83.9 Å². The van der Waals surface area contributed by atoms with Crippen molar-refractivity contribution in [2.75, 3.05) is 42.9 Å². The molecule has 172 valence electrons. The molecule has 33 heavy (non-hydrogen) atoms. The second-order valence-electron chi connectivity index (χ2n) is 7.92. The first-order valence-corrected chi connectivity index (χ1v) is 12.2. The molecule has 3 aromatic carbocycles. The maximum atomic E-state index is 13.3. The molecular formula is C25H27N3O4S. The van der Waals surface area contributed by atoms with Gasteiger partial charge in [0.25, 0.3) is 15.9 Å².